The van der Waals surface area contributed by atoms with Crippen LogP contribution in [0.1, 0.15) is 45.7 Å². The first-order chi connectivity index (χ1) is 13.9. The number of nitrogens with one attached hydrogen (secondary N) is 2. The Kier molecular flexibility index (Phi) is 9.91. The predicted molar refractivity (Wildman–Crippen MR) is 122 cm³/mol. The molecule has 1 aliphatic rings. The first-order valence-electron chi connectivity index (χ1n) is 11.0. The highest BCUT2D eigenvalue weighted by Gasteiger charge is 2.16. The van der Waals surface area contributed by atoms with Crippen LogP contribution in [-0.2, 0) is 17.8 Å². The summed E-state index contributed by atoms with van der Waals surface area (Å²) in [6.45, 7) is 17.6. The molecule has 1 aromatic carbocycles. The van der Waals surface area contributed by atoms with E-state index >= 15 is 0 Å². The molecule has 0 aromatic heterocycles. The quantitative estimate of drug-likeness (QED) is 0.490. The van der Waals surface area contributed by atoms with Crippen LogP contribution in [0.4, 0.5) is 0 Å². The summed E-state index contributed by atoms with van der Waals surface area (Å²) in [5, 5.41) is 6.88. The molecule has 1 fully saturated rings. The van der Waals surface area contributed by atoms with E-state index in [0.717, 1.165) is 51.8 Å². The number of aliphatic imine (C=N–C) groups is 1. The number of rotatable bonds is 9. The first kappa shape index (κ1) is 23.6. The number of hydrogen-bond donors (Lipinski definition) is 2. The van der Waals surface area contributed by atoms with Crippen LogP contribution in [0, 0.1) is 0 Å². The highest BCUT2D eigenvalue weighted by atomic mass is 16.5. The molecule has 2 rings (SSSR count). The number of nitrogens with zero attached hydrogens (tertiary/aromatic N) is 3. The zero-order chi connectivity index (χ0) is 21.2. The van der Waals surface area contributed by atoms with Crippen molar-refractivity contribution >= 4 is 5.96 Å². The lowest BCUT2D eigenvalue weighted by molar-refractivity contribution is -0.0212. The van der Waals surface area contributed by atoms with Crippen molar-refractivity contribution in [3.8, 4) is 0 Å². The number of guanidine groups is 1. The molecule has 1 unspecified atom stereocenters. The van der Waals surface area contributed by atoms with Crippen molar-refractivity contribution in [3.63, 3.8) is 0 Å². The third-order valence-corrected chi connectivity index (χ3v) is 5.40. The maximum absolute atomic E-state index is 5.64. The second-order valence-electron chi connectivity index (χ2n) is 8.51. The Morgan fingerprint density at radius 3 is 2.59 bits per heavy atom. The van der Waals surface area contributed by atoms with E-state index in [1.165, 1.54) is 11.1 Å². The largest absolute Gasteiger partial charge is 0.376 e. The van der Waals surface area contributed by atoms with Crippen molar-refractivity contribution < 1.29 is 4.74 Å². The van der Waals surface area contributed by atoms with Gasteiger partial charge in [0.1, 0.15) is 0 Å². The molecule has 29 heavy (non-hydrogen) atoms. The fourth-order valence-corrected chi connectivity index (χ4v) is 3.95. The van der Waals surface area contributed by atoms with Gasteiger partial charge in [0.15, 0.2) is 5.96 Å². The van der Waals surface area contributed by atoms with Gasteiger partial charge >= 0.3 is 0 Å². The molecule has 0 aliphatic carbocycles. The van der Waals surface area contributed by atoms with Crippen molar-refractivity contribution in [2.75, 3.05) is 39.8 Å². The molecule has 1 saturated heterocycles. The van der Waals surface area contributed by atoms with Crippen LogP contribution in [0.3, 0.4) is 0 Å². The summed E-state index contributed by atoms with van der Waals surface area (Å²) in [7, 11) is 1.83. The minimum Gasteiger partial charge on any atom is -0.376 e. The molecule has 1 aliphatic heterocycles. The van der Waals surface area contributed by atoms with Gasteiger partial charge in [0.25, 0.3) is 0 Å². The monoisotopic (exact) mass is 403 g/mol. The zero-order valence-electron chi connectivity index (χ0n) is 19.2. The molecule has 2 N–H and O–H groups in total. The summed E-state index contributed by atoms with van der Waals surface area (Å²) in [5.74, 6) is 0.852. The summed E-state index contributed by atoms with van der Waals surface area (Å²) in [6.07, 6.45) is 0.324. The zero-order valence-corrected chi connectivity index (χ0v) is 19.2. The molecule has 0 radical (unpaired) electrons. The van der Waals surface area contributed by atoms with Gasteiger partial charge in [0.2, 0.25) is 0 Å². The maximum atomic E-state index is 5.64. The van der Waals surface area contributed by atoms with Crippen LogP contribution in [0.2, 0.25) is 0 Å². The van der Waals surface area contributed by atoms with E-state index in [0.29, 0.717) is 18.2 Å². The van der Waals surface area contributed by atoms with Gasteiger partial charge < -0.3 is 15.4 Å². The summed E-state index contributed by atoms with van der Waals surface area (Å²) in [5.41, 5.74) is 2.63. The highest BCUT2D eigenvalue weighted by Crippen LogP contribution is 2.12. The van der Waals surface area contributed by atoms with Crippen molar-refractivity contribution in [1.82, 2.24) is 20.4 Å². The molecular weight excluding hydrogens is 362 g/mol. The van der Waals surface area contributed by atoms with Crippen LogP contribution in [0.25, 0.3) is 0 Å². The van der Waals surface area contributed by atoms with Crippen LogP contribution >= 0.6 is 0 Å². The molecule has 0 amide bonds. The van der Waals surface area contributed by atoms with Gasteiger partial charge in [-0.05, 0) is 45.7 Å². The summed E-state index contributed by atoms with van der Waals surface area (Å²) < 4.78 is 5.64. The van der Waals surface area contributed by atoms with E-state index < -0.39 is 0 Å². The Bertz CT molecular complexity index is 623. The lowest BCUT2D eigenvalue weighted by Crippen LogP contribution is -2.45. The van der Waals surface area contributed by atoms with Gasteiger partial charge in [-0.1, -0.05) is 24.3 Å². The molecular formula is C23H41N5O. The van der Waals surface area contributed by atoms with Gasteiger partial charge in [-0.15, -0.1) is 0 Å². The van der Waals surface area contributed by atoms with Gasteiger partial charge in [-0.3, -0.25) is 14.8 Å². The van der Waals surface area contributed by atoms with Crippen LogP contribution in [0.5, 0.6) is 0 Å². The van der Waals surface area contributed by atoms with Crippen molar-refractivity contribution in [3.05, 3.63) is 35.4 Å². The second-order valence-corrected chi connectivity index (χ2v) is 8.51. The molecule has 0 bridgehead atoms. The average Bonchev–Trinajstić information content (AvgIpc) is 2.67. The summed E-state index contributed by atoms with van der Waals surface area (Å²) in [4.78, 5) is 9.32. The molecule has 1 heterocycles. The minimum atomic E-state index is 0.324. The Hall–Kier alpha value is -1.63. The van der Waals surface area contributed by atoms with Crippen molar-refractivity contribution in [1.29, 1.82) is 0 Å². The first-order valence-corrected chi connectivity index (χ1v) is 11.0. The third kappa shape index (κ3) is 8.33. The molecule has 6 nitrogen and oxygen atoms in total. The minimum absolute atomic E-state index is 0.324. The fraction of sp³-hybridized carbons (Fsp3) is 0.696. The second kappa shape index (κ2) is 12.2. The van der Waals surface area contributed by atoms with Crippen LogP contribution in [0.15, 0.2) is 29.3 Å². The number of benzene rings is 1. The predicted octanol–water partition coefficient (Wildman–Crippen LogP) is 2.69. The number of morpholine rings is 1. The maximum Gasteiger partial charge on any atom is 0.191 e. The van der Waals surface area contributed by atoms with E-state index in [1.54, 1.807) is 0 Å². The van der Waals surface area contributed by atoms with Crippen molar-refractivity contribution in [2.24, 2.45) is 4.99 Å². The highest BCUT2D eigenvalue weighted by molar-refractivity contribution is 5.79. The molecule has 1 aromatic rings. The van der Waals surface area contributed by atoms with E-state index in [9.17, 15) is 0 Å². The van der Waals surface area contributed by atoms with Gasteiger partial charge in [0, 0.05) is 58.4 Å². The van der Waals surface area contributed by atoms with E-state index in [4.69, 9.17) is 4.74 Å². The molecule has 6 heteroatoms. The van der Waals surface area contributed by atoms with Gasteiger partial charge in [-0.2, -0.15) is 0 Å². The molecule has 0 spiro atoms. The number of ether oxygens (including phenoxy) is 1. The van der Waals surface area contributed by atoms with Crippen LogP contribution in [-0.4, -0.2) is 73.8 Å². The molecule has 0 saturated carbocycles. The fourth-order valence-electron chi connectivity index (χ4n) is 3.95. The molecule has 1 atom stereocenters. The van der Waals surface area contributed by atoms with Gasteiger partial charge in [-0.25, -0.2) is 0 Å². The summed E-state index contributed by atoms with van der Waals surface area (Å²) in [6, 6.07) is 9.91. The van der Waals surface area contributed by atoms with Crippen molar-refractivity contribution in [2.45, 2.75) is 65.9 Å². The van der Waals surface area contributed by atoms with E-state index in [1.807, 2.05) is 7.05 Å². The summed E-state index contributed by atoms with van der Waals surface area (Å²) >= 11 is 0. The van der Waals surface area contributed by atoms with E-state index in [-0.39, 0.29) is 0 Å². The van der Waals surface area contributed by atoms with Crippen LogP contribution < -0.4 is 10.6 Å². The standard InChI is InChI=1S/C23H41N5O/c1-18(2)28(19(3)4)11-10-25-23(24-6)26-15-21-8-7-9-22(14-21)17-27-12-13-29-20(5)16-27/h7-9,14,18-20H,10-13,15-17H2,1-6H3,(H2,24,25,26). The lowest BCUT2D eigenvalue weighted by Gasteiger charge is -2.31. The SMILES string of the molecule is CN=C(NCCN(C(C)C)C(C)C)NCc1cccc(CN2CCOC(C)C2)c1. The Morgan fingerprint density at radius 1 is 1.21 bits per heavy atom. The Balaban J connectivity index is 1.80. The van der Waals surface area contributed by atoms with Gasteiger partial charge in [0.05, 0.1) is 12.7 Å². The Labute approximate surface area is 177 Å². The lowest BCUT2D eigenvalue weighted by atomic mass is 10.1. The smallest absolute Gasteiger partial charge is 0.191 e. The molecule has 164 valence electrons. The third-order valence-electron chi connectivity index (χ3n) is 5.40. The number of hydrogen-bond acceptors (Lipinski definition) is 4. The topological polar surface area (TPSA) is 52.1 Å². The van der Waals surface area contributed by atoms with E-state index in [2.05, 4.69) is 84.3 Å². The normalized spacial score (nSPS) is 18.7. The average molecular weight is 404 g/mol. The Morgan fingerprint density at radius 2 is 1.93 bits per heavy atom.